The van der Waals surface area contributed by atoms with E-state index in [0.29, 0.717) is 10.9 Å². The number of rotatable bonds is 3. The van der Waals surface area contributed by atoms with Gasteiger partial charge in [0, 0.05) is 25.2 Å². The predicted octanol–water partition coefficient (Wildman–Crippen LogP) is 2.58. The first-order valence-corrected chi connectivity index (χ1v) is 6.86. The third kappa shape index (κ3) is 2.19. The zero-order valence-electron chi connectivity index (χ0n) is 11.8. The van der Waals surface area contributed by atoms with Crippen LogP contribution in [0.5, 0.6) is 0 Å². The molecule has 0 amide bonds. The molecular weight excluding hydrogens is 262 g/mol. The molecule has 104 valence electrons. The molecule has 0 bridgehead atoms. The summed E-state index contributed by atoms with van der Waals surface area (Å²) < 4.78 is 3.22. The summed E-state index contributed by atoms with van der Waals surface area (Å²) in [6, 6.07) is 3.66. The Bertz CT molecular complexity index is 671. The summed E-state index contributed by atoms with van der Waals surface area (Å²) in [7, 11) is 3.51. The second kappa shape index (κ2) is 5.02. The van der Waals surface area contributed by atoms with Crippen molar-refractivity contribution in [3.8, 4) is 0 Å². The van der Waals surface area contributed by atoms with Crippen molar-refractivity contribution in [1.82, 2.24) is 9.13 Å². The third-order valence-electron chi connectivity index (χ3n) is 4.01. The molecule has 2 rings (SSSR count). The molecule has 2 unspecified atom stereocenters. The van der Waals surface area contributed by atoms with Gasteiger partial charge in [-0.1, -0.05) is 31.9 Å². The Kier molecular flexibility index (Phi) is 3.74. The van der Waals surface area contributed by atoms with E-state index in [1.54, 1.807) is 23.2 Å². The second-order valence-corrected chi connectivity index (χ2v) is 5.58. The van der Waals surface area contributed by atoms with Gasteiger partial charge in [-0.2, -0.15) is 0 Å². The molecule has 19 heavy (non-hydrogen) atoms. The van der Waals surface area contributed by atoms with Crippen molar-refractivity contribution in [2.24, 2.45) is 25.7 Å². The second-order valence-electron chi connectivity index (χ2n) is 5.17. The van der Waals surface area contributed by atoms with Crippen LogP contribution in [0.4, 0.5) is 0 Å². The monoisotopic (exact) mass is 281 g/mol. The van der Waals surface area contributed by atoms with Gasteiger partial charge in [0.1, 0.15) is 0 Å². The first kappa shape index (κ1) is 14.2. The Labute approximate surface area is 117 Å². The van der Waals surface area contributed by atoms with Gasteiger partial charge in [0.2, 0.25) is 0 Å². The fourth-order valence-corrected chi connectivity index (χ4v) is 2.64. The van der Waals surface area contributed by atoms with Crippen molar-refractivity contribution >= 4 is 22.6 Å². The van der Waals surface area contributed by atoms with Crippen molar-refractivity contribution in [3.05, 3.63) is 33.2 Å². The van der Waals surface area contributed by atoms with Crippen LogP contribution in [0.1, 0.15) is 31.9 Å². The summed E-state index contributed by atoms with van der Waals surface area (Å²) in [6.45, 7) is 4.21. The first-order valence-electron chi connectivity index (χ1n) is 6.48. The summed E-state index contributed by atoms with van der Waals surface area (Å²) in [6.07, 6.45) is 0.989. The molecule has 1 heterocycles. The Morgan fingerprint density at radius 3 is 2.32 bits per heavy atom. The molecule has 1 aromatic heterocycles. The van der Waals surface area contributed by atoms with E-state index < -0.39 is 0 Å². The van der Waals surface area contributed by atoms with E-state index in [4.69, 9.17) is 17.3 Å². The van der Waals surface area contributed by atoms with Crippen LogP contribution >= 0.6 is 11.6 Å². The smallest absolute Gasteiger partial charge is 0.324 e. The van der Waals surface area contributed by atoms with E-state index in [2.05, 4.69) is 13.8 Å². The van der Waals surface area contributed by atoms with E-state index in [9.17, 15) is 4.79 Å². The zero-order chi connectivity index (χ0) is 14.3. The largest absolute Gasteiger partial charge is 0.328 e. The quantitative estimate of drug-likeness (QED) is 0.940. The van der Waals surface area contributed by atoms with Crippen molar-refractivity contribution < 1.29 is 0 Å². The predicted molar refractivity (Wildman–Crippen MR) is 79.6 cm³/mol. The van der Waals surface area contributed by atoms with Gasteiger partial charge in [0.15, 0.2) is 0 Å². The fraction of sp³-hybridized carbons (Fsp3) is 0.500. The number of nitrogens with two attached hydrogens (primary N) is 1. The highest BCUT2D eigenvalue weighted by molar-refractivity contribution is 6.32. The Morgan fingerprint density at radius 2 is 1.79 bits per heavy atom. The van der Waals surface area contributed by atoms with Crippen LogP contribution in [-0.2, 0) is 14.1 Å². The number of aryl methyl sites for hydroxylation is 2. The molecule has 0 aliphatic carbocycles. The number of halogens is 1. The number of aromatic nitrogens is 2. The average Bonchev–Trinajstić information content (AvgIpc) is 2.61. The number of benzene rings is 1. The van der Waals surface area contributed by atoms with Crippen molar-refractivity contribution in [3.63, 3.8) is 0 Å². The summed E-state index contributed by atoms with van der Waals surface area (Å²) in [5.74, 6) is 0.343. The number of imidazole rings is 1. The molecule has 0 radical (unpaired) electrons. The van der Waals surface area contributed by atoms with Gasteiger partial charge in [-0.05, 0) is 23.6 Å². The van der Waals surface area contributed by atoms with Gasteiger partial charge in [0.05, 0.1) is 11.0 Å². The van der Waals surface area contributed by atoms with Gasteiger partial charge < -0.3 is 5.73 Å². The maximum Gasteiger partial charge on any atom is 0.328 e. The number of hydrogen-bond acceptors (Lipinski definition) is 2. The summed E-state index contributed by atoms with van der Waals surface area (Å²) >= 11 is 6.33. The molecule has 0 saturated carbocycles. The van der Waals surface area contributed by atoms with Crippen LogP contribution in [0.2, 0.25) is 5.02 Å². The zero-order valence-corrected chi connectivity index (χ0v) is 12.5. The van der Waals surface area contributed by atoms with Crippen LogP contribution in [-0.4, -0.2) is 9.13 Å². The number of fused-ring (bicyclic) bond motifs is 1. The Hall–Kier alpha value is -1.26. The van der Waals surface area contributed by atoms with Gasteiger partial charge in [0.25, 0.3) is 0 Å². The van der Waals surface area contributed by atoms with Crippen molar-refractivity contribution in [2.45, 2.75) is 26.3 Å². The average molecular weight is 282 g/mol. The van der Waals surface area contributed by atoms with E-state index in [1.165, 1.54) is 0 Å². The Balaban J connectivity index is 2.68. The first-order chi connectivity index (χ1) is 8.88. The molecule has 0 saturated heterocycles. The van der Waals surface area contributed by atoms with Crippen LogP contribution in [0.25, 0.3) is 11.0 Å². The molecule has 0 fully saturated rings. The SMILES string of the molecule is CCC(C)C(N)c1cc2c(cc1Cl)n(C)c(=O)n2C. The molecule has 1 aromatic carbocycles. The molecule has 0 spiro atoms. The van der Waals surface area contributed by atoms with Crippen molar-refractivity contribution in [2.75, 3.05) is 0 Å². The summed E-state index contributed by atoms with van der Waals surface area (Å²) in [5.41, 5.74) is 8.81. The molecule has 2 aromatic rings. The minimum absolute atomic E-state index is 0.0553. The lowest BCUT2D eigenvalue weighted by molar-refractivity contribution is 0.457. The van der Waals surface area contributed by atoms with E-state index in [-0.39, 0.29) is 11.7 Å². The number of hydrogen-bond donors (Lipinski definition) is 1. The molecule has 2 atom stereocenters. The van der Waals surface area contributed by atoms with Crippen LogP contribution in [0.15, 0.2) is 16.9 Å². The van der Waals surface area contributed by atoms with Gasteiger partial charge in [-0.15, -0.1) is 0 Å². The molecule has 0 aliphatic heterocycles. The fourth-order valence-electron chi connectivity index (χ4n) is 2.35. The van der Waals surface area contributed by atoms with Gasteiger partial charge >= 0.3 is 5.69 Å². The summed E-state index contributed by atoms with van der Waals surface area (Å²) in [5, 5.41) is 0.626. The van der Waals surface area contributed by atoms with E-state index in [1.807, 2.05) is 12.1 Å². The topological polar surface area (TPSA) is 52.9 Å². The minimum atomic E-state index is -0.114. The third-order valence-corrected chi connectivity index (χ3v) is 4.33. The molecule has 4 nitrogen and oxygen atoms in total. The standard InChI is InChI=1S/C14H20ClN3O/c1-5-8(2)13(16)9-6-11-12(7-10(9)15)18(4)14(19)17(11)3/h6-8,13H,5,16H2,1-4H3. The lowest BCUT2D eigenvalue weighted by Gasteiger charge is -2.20. The van der Waals surface area contributed by atoms with Crippen LogP contribution < -0.4 is 11.4 Å². The molecule has 5 heteroatoms. The van der Waals surface area contributed by atoms with Gasteiger partial charge in [-0.3, -0.25) is 9.13 Å². The normalized spacial score (nSPS) is 14.8. The van der Waals surface area contributed by atoms with Crippen LogP contribution in [0, 0.1) is 5.92 Å². The maximum atomic E-state index is 11.9. The van der Waals surface area contributed by atoms with E-state index >= 15 is 0 Å². The maximum absolute atomic E-state index is 11.9. The molecule has 0 aliphatic rings. The van der Waals surface area contributed by atoms with Crippen molar-refractivity contribution in [1.29, 1.82) is 0 Å². The lowest BCUT2D eigenvalue weighted by Crippen LogP contribution is -2.19. The number of nitrogens with zero attached hydrogens (tertiary/aromatic N) is 2. The van der Waals surface area contributed by atoms with E-state index in [0.717, 1.165) is 23.0 Å². The highest BCUT2D eigenvalue weighted by atomic mass is 35.5. The molecule has 2 N–H and O–H groups in total. The highest BCUT2D eigenvalue weighted by Gasteiger charge is 2.19. The minimum Gasteiger partial charge on any atom is -0.324 e. The lowest BCUT2D eigenvalue weighted by atomic mass is 9.93. The van der Waals surface area contributed by atoms with Gasteiger partial charge in [-0.25, -0.2) is 4.79 Å². The highest BCUT2D eigenvalue weighted by Crippen LogP contribution is 2.31. The molecular formula is C14H20ClN3O. The Morgan fingerprint density at radius 1 is 1.26 bits per heavy atom. The van der Waals surface area contributed by atoms with Crippen LogP contribution in [0.3, 0.4) is 0 Å². The summed E-state index contributed by atoms with van der Waals surface area (Å²) in [4.78, 5) is 11.9.